The fraction of sp³-hybridized carbons (Fsp3) is 0.273. The molecule has 1 radical (unpaired) electrons. The Morgan fingerprint density at radius 3 is 2.57 bits per heavy atom. The predicted octanol–water partition coefficient (Wildman–Crippen LogP) is 2.16. The molecule has 1 atom stereocenters. The molecule has 0 heterocycles. The second kappa shape index (κ2) is 5.69. The highest BCUT2D eigenvalue weighted by Crippen LogP contribution is 2.18. The van der Waals surface area contributed by atoms with Crippen molar-refractivity contribution >= 4 is 11.8 Å². The predicted molar refractivity (Wildman–Crippen MR) is 58.8 cm³/mol. The molecule has 1 rings (SSSR count). The lowest BCUT2D eigenvalue weighted by molar-refractivity contribution is 0.204. The van der Waals surface area contributed by atoms with E-state index in [0.717, 1.165) is 11.3 Å². The number of aliphatic hydroxyl groups excluding tert-OH is 1. The Labute approximate surface area is 88.6 Å². The quantitative estimate of drug-likeness (QED) is 0.821. The van der Waals surface area contributed by atoms with Gasteiger partial charge in [0.05, 0.1) is 17.7 Å². The molecule has 2 nitrogen and oxygen atoms in total. The average molecular weight is 206 g/mol. The van der Waals surface area contributed by atoms with E-state index in [4.69, 9.17) is 5.26 Å². The lowest BCUT2D eigenvalue weighted by atomic mass is 10.1. The number of nitrogens with zero attached hydrogens (tertiary/aromatic N) is 1. The van der Waals surface area contributed by atoms with Crippen LogP contribution in [0, 0.1) is 18.3 Å². The Balaban J connectivity index is 2.63. The van der Waals surface area contributed by atoms with Gasteiger partial charge >= 0.3 is 0 Å². The van der Waals surface area contributed by atoms with Gasteiger partial charge in [0, 0.05) is 5.75 Å². The molecule has 0 saturated carbocycles. The van der Waals surface area contributed by atoms with E-state index in [1.807, 2.05) is 6.07 Å². The van der Waals surface area contributed by atoms with E-state index < -0.39 is 6.10 Å². The fourth-order valence-corrected chi connectivity index (χ4v) is 1.65. The summed E-state index contributed by atoms with van der Waals surface area (Å²) in [6.45, 7) is 3.69. The molecule has 1 aromatic rings. The molecule has 0 amide bonds. The van der Waals surface area contributed by atoms with E-state index in [9.17, 15) is 5.11 Å². The summed E-state index contributed by atoms with van der Waals surface area (Å²) in [4.78, 5) is 0. The number of thioether (sulfide) groups is 1. The fourth-order valence-electron chi connectivity index (χ4n) is 1.07. The van der Waals surface area contributed by atoms with Crippen molar-refractivity contribution in [3.05, 3.63) is 42.3 Å². The maximum absolute atomic E-state index is 9.68. The van der Waals surface area contributed by atoms with Gasteiger partial charge in [-0.2, -0.15) is 17.0 Å². The maximum atomic E-state index is 9.68. The lowest BCUT2D eigenvalue weighted by Crippen LogP contribution is -2.00. The normalized spacial score (nSPS) is 12.1. The molecule has 1 aromatic carbocycles. The summed E-state index contributed by atoms with van der Waals surface area (Å²) in [5.41, 5.74) is 1.47. The third kappa shape index (κ3) is 3.06. The van der Waals surface area contributed by atoms with Gasteiger partial charge in [-0.3, -0.25) is 0 Å². The molecule has 0 saturated heterocycles. The van der Waals surface area contributed by atoms with E-state index in [0.29, 0.717) is 11.3 Å². The van der Waals surface area contributed by atoms with Gasteiger partial charge in [0.1, 0.15) is 0 Å². The van der Waals surface area contributed by atoms with Crippen molar-refractivity contribution in [1.29, 1.82) is 5.26 Å². The minimum absolute atomic E-state index is 0.463. The number of rotatable bonds is 4. The van der Waals surface area contributed by atoms with Crippen molar-refractivity contribution in [2.75, 3.05) is 11.5 Å². The number of hydrogen-bond acceptors (Lipinski definition) is 3. The zero-order valence-electron chi connectivity index (χ0n) is 7.81. The van der Waals surface area contributed by atoms with Crippen molar-refractivity contribution in [3.63, 3.8) is 0 Å². The number of aliphatic hydroxyl groups is 1. The molecule has 0 bridgehead atoms. The first-order valence-electron chi connectivity index (χ1n) is 4.33. The molecule has 1 unspecified atom stereocenters. The van der Waals surface area contributed by atoms with Gasteiger partial charge in [-0.1, -0.05) is 12.1 Å². The van der Waals surface area contributed by atoms with Gasteiger partial charge in [-0.25, -0.2) is 0 Å². The van der Waals surface area contributed by atoms with Crippen LogP contribution in [-0.4, -0.2) is 16.6 Å². The molecule has 73 valence electrons. The summed E-state index contributed by atoms with van der Waals surface area (Å²) >= 11 is 1.59. The van der Waals surface area contributed by atoms with Crippen molar-refractivity contribution in [3.8, 4) is 6.07 Å². The first kappa shape index (κ1) is 11.1. The molecule has 0 aliphatic carbocycles. The van der Waals surface area contributed by atoms with E-state index in [-0.39, 0.29) is 0 Å². The van der Waals surface area contributed by atoms with Gasteiger partial charge in [0.15, 0.2) is 0 Å². The van der Waals surface area contributed by atoms with Crippen LogP contribution in [0.1, 0.15) is 17.2 Å². The van der Waals surface area contributed by atoms with Crippen molar-refractivity contribution < 1.29 is 5.11 Å². The molecule has 3 heteroatoms. The average Bonchev–Trinajstić information content (AvgIpc) is 2.26. The maximum Gasteiger partial charge on any atom is 0.0991 e. The van der Waals surface area contributed by atoms with Crippen LogP contribution in [0.4, 0.5) is 0 Å². The Morgan fingerprint density at radius 1 is 1.43 bits per heavy atom. The summed E-state index contributed by atoms with van der Waals surface area (Å²) < 4.78 is 0. The van der Waals surface area contributed by atoms with Crippen LogP contribution in [0.3, 0.4) is 0 Å². The molecule has 0 aliphatic rings. The summed E-state index contributed by atoms with van der Waals surface area (Å²) in [6.07, 6.45) is -0.463. The molecular weight excluding hydrogens is 194 g/mol. The summed E-state index contributed by atoms with van der Waals surface area (Å²) in [5.74, 6) is 1.41. The highest BCUT2D eigenvalue weighted by Gasteiger charge is 2.06. The van der Waals surface area contributed by atoms with Crippen LogP contribution in [0.25, 0.3) is 0 Å². The second-order valence-corrected chi connectivity index (χ2v) is 3.97. The Kier molecular flexibility index (Phi) is 4.51. The Bertz CT molecular complexity index is 315. The van der Waals surface area contributed by atoms with Crippen molar-refractivity contribution in [2.45, 2.75) is 6.10 Å². The van der Waals surface area contributed by atoms with Crippen LogP contribution >= 0.6 is 11.8 Å². The third-order valence-corrected chi connectivity index (χ3v) is 2.68. The SMILES string of the molecule is [CH2]CSCC(O)c1ccc(C#N)cc1. The van der Waals surface area contributed by atoms with Crippen LogP contribution in [0.2, 0.25) is 0 Å². The standard InChI is InChI=1S/C11H12NOS/c1-2-14-8-11(13)10-5-3-9(7-12)4-6-10/h3-6,11,13H,1-2,8H2. The molecular formula is C11H12NOS. The first-order chi connectivity index (χ1) is 6.77. The highest BCUT2D eigenvalue weighted by molar-refractivity contribution is 7.99. The van der Waals surface area contributed by atoms with Crippen LogP contribution in [-0.2, 0) is 0 Å². The molecule has 14 heavy (non-hydrogen) atoms. The second-order valence-electron chi connectivity index (χ2n) is 2.82. The van der Waals surface area contributed by atoms with Gasteiger partial charge < -0.3 is 5.11 Å². The van der Waals surface area contributed by atoms with E-state index in [1.165, 1.54) is 0 Å². The Morgan fingerprint density at radius 2 is 2.07 bits per heavy atom. The molecule has 1 N–H and O–H groups in total. The van der Waals surface area contributed by atoms with Gasteiger partial charge in [-0.15, -0.1) is 0 Å². The van der Waals surface area contributed by atoms with Crippen molar-refractivity contribution in [2.24, 2.45) is 0 Å². The van der Waals surface area contributed by atoms with E-state index in [2.05, 4.69) is 6.92 Å². The number of nitriles is 1. The van der Waals surface area contributed by atoms with Gasteiger partial charge in [0.2, 0.25) is 0 Å². The summed E-state index contributed by atoms with van der Waals surface area (Å²) in [6, 6.07) is 9.04. The Hall–Kier alpha value is -0.980. The largest absolute Gasteiger partial charge is 0.388 e. The minimum atomic E-state index is -0.463. The molecule has 0 spiro atoms. The number of benzene rings is 1. The molecule has 0 aromatic heterocycles. The van der Waals surface area contributed by atoms with Crippen LogP contribution in [0.15, 0.2) is 24.3 Å². The molecule has 0 fully saturated rings. The lowest BCUT2D eigenvalue weighted by Gasteiger charge is -2.09. The first-order valence-corrected chi connectivity index (χ1v) is 5.48. The third-order valence-electron chi connectivity index (χ3n) is 1.84. The highest BCUT2D eigenvalue weighted by atomic mass is 32.2. The summed E-state index contributed by atoms with van der Waals surface area (Å²) in [5, 5.41) is 18.3. The smallest absolute Gasteiger partial charge is 0.0991 e. The topological polar surface area (TPSA) is 44.0 Å². The minimum Gasteiger partial charge on any atom is -0.388 e. The number of hydrogen-bond donors (Lipinski definition) is 1. The summed E-state index contributed by atoms with van der Waals surface area (Å²) in [7, 11) is 0. The zero-order valence-corrected chi connectivity index (χ0v) is 8.63. The van der Waals surface area contributed by atoms with Crippen LogP contribution < -0.4 is 0 Å². The zero-order chi connectivity index (χ0) is 10.4. The van der Waals surface area contributed by atoms with Crippen LogP contribution in [0.5, 0.6) is 0 Å². The van der Waals surface area contributed by atoms with Gasteiger partial charge in [-0.05, 0) is 30.4 Å². The van der Waals surface area contributed by atoms with Gasteiger partial charge in [0.25, 0.3) is 0 Å². The molecule has 0 aliphatic heterocycles. The van der Waals surface area contributed by atoms with E-state index >= 15 is 0 Å². The van der Waals surface area contributed by atoms with E-state index in [1.54, 1.807) is 36.0 Å². The van der Waals surface area contributed by atoms with Crippen molar-refractivity contribution in [1.82, 2.24) is 0 Å². The monoisotopic (exact) mass is 206 g/mol.